The van der Waals surface area contributed by atoms with E-state index in [1.807, 2.05) is 0 Å². The fourth-order valence-corrected chi connectivity index (χ4v) is 2.43. The Morgan fingerprint density at radius 1 is 1.30 bits per heavy atom. The molecule has 3 N–H and O–H groups in total. The first-order valence-corrected chi connectivity index (χ1v) is 7.45. The fourth-order valence-electron chi connectivity index (χ4n) is 1.70. The summed E-state index contributed by atoms with van der Waals surface area (Å²) >= 11 is 0. The van der Waals surface area contributed by atoms with Gasteiger partial charge in [-0.2, -0.15) is 13.2 Å². The quantitative estimate of drug-likeness (QED) is 0.505. The van der Waals surface area contributed by atoms with Gasteiger partial charge in [0.25, 0.3) is 0 Å². The zero-order valence-corrected chi connectivity index (χ0v) is 11.5. The van der Waals surface area contributed by atoms with Gasteiger partial charge in [-0.25, -0.2) is 12.8 Å². The molecular weight excluding hydrogens is 300 g/mol. The van der Waals surface area contributed by atoms with E-state index in [0.717, 1.165) is 12.3 Å². The van der Waals surface area contributed by atoms with Crippen LogP contribution >= 0.6 is 0 Å². The summed E-state index contributed by atoms with van der Waals surface area (Å²) in [6.45, 7) is 1.30. The van der Waals surface area contributed by atoms with Crippen molar-refractivity contribution in [2.24, 2.45) is 5.84 Å². The number of halogens is 4. The van der Waals surface area contributed by atoms with Crippen LogP contribution < -0.4 is 11.3 Å². The van der Waals surface area contributed by atoms with E-state index in [0.29, 0.717) is 12.1 Å². The van der Waals surface area contributed by atoms with E-state index in [1.54, 1.807) is 0 Å². The Bertz CT molecular complexity index is 587. The van der Waals surface area contributed by atoms with Crippen LogP contribution in [0.15, 0.2) is 18.2 Å². The molecule has 114 valence electrons. The molecule has 0 aliphatic heterocycles. The second-order valence-electron chi connectivity index (χ2n) is 4.42. The van der Waals surface area contributed by atoms with Gasteiger partial charge >= 0.3 is 6.18 Å². The monoisotopic (exact) mass is 314 g/mol. The third-order valence-electron chi connectivity index (χ3n) is 2.98. The van der Waals surface area contributed by atoms with Crippen molar-refractivity contribution in [1.82, 2.24) is 5.43 Å². The van der Waals surface area contributed by atoms with Crippen LogP contribution in [0.4, 0.5) is 17.6 Å². The maximum atomic E-state index is 13.2. The van der Waals surface area contributed by atoms with Gasteiger partial charge in [0, 0.05) is 6.26 Å². The molecule has 0 fully saturated rings. The van der Waals surface area contributed by atoms with Gasteiger partial charge in [0.15, 0.2) is 9.84 Å². The second kappa shape index (κ2) is 5.66. The molecule has 0 heterocycles. The summed E-state index contributed by atoms with van der Waals surface area (Å²) in [5.41, 5.74) is 0.635. The summed E-state index contributed by atoms with van der Waals surface area (Å²) in [5.74, 6) is 3.78. The van der Waals surface area contributed by atoms with E-state index in [-0.39, 0.29) is 5.56 Å². The van der Waals surface area contributed by atoms with Gasteiger partial charge in [0.1, 0.15) is 5.82 Å². The molecule has 4 nitrogen and oxygen atoms in total. The Hall–Kier alpha value is -1.19. The number of benzene rings is 1. The molecule has 20 heavy (non-hydrogen) atoms. The maximum absolute atomic E-state index is 13.2. The summed E-state index contributed by atoms with van der Waals surface area (Å²) in [4.78, 5) is 0. The van der Waals surface area contributed by atoms with Crippen LogP contribution in [0.25, 0.3) is 0 Å². The normalized spacial score (nSPS) is 15.9. The summed E-state index contributed by atoms with van der Waals surface area (Å²) in [7, 11) is -3.54. The highest BCUT2D eigenvalue weighted by atomic mass is 32.2. The Kier molecular flexibility index (Phi) is 4.78. The number of rotatable bonds is 4. The molecule has 0 aliphatic rings. The van der Waals surface area contributed by atoms with Gasteiger partial charge in [-0.1, -0.05) is 6.07 Å². The van der Waals surface area contributed by atoms with Gasteiger partial charge in [-0.05, 0) is 24.6 Å². The minimum Gasteiger partial charge on any atom is -0.271 e. The molecule has 2 unspecified atom stereocenters. The molecule has 1 aromatic carbocycles. The van der Waals surface area contributed by atoms with Gasteiger partial charge in [0.2, 0.25) is 0 Å². The van der Waals surface area contributed by atoms with Gasteiger partial charge in [-0.3, -0.25) is 11.3 Å². The zero-order valence-electron chi connectivity index (χ0n) is 10.7. The van der Waals surface area contributed by atoms with Crippen molar-refractivity contribution in [3.8, 4) is 0 Å². The largest absolute Gasteiger partial charge is 0.419 e. The van der Waals surface area contributed by atoms with Crippen molar-refractivity contribution in [3.05, 3.63) is 35.1 Å². The van der Waals surface area contributed by atoms with E-state index in [2.05, 4.69) is 5.43 Å². The van der Waals surface area contributed by atoms with Crippen LogP contribution in [0, 0.1) is 5.82 Å². The molecule has 1 rings (SSSR count). The van der Waals surface area contributed by atoms with Crippen molar-refractivity contribution < 1.29 is 26.0 Å². The molecule has 0 radical (unpaired) electrons. The van der Waals surface area contributed by atoms with E-state index in [1.165, 1.54) is 6.92 Å². The molecular formula is C11H14F4N2O2S. The van der Waals surface area contributed by atoms with Crippen molar-refractivity contribution in [3.63, 3.8) is 0 Å². The summed E-state index contributed by atoms with van der Waals surface area (Å²) < 4.78 is 74.0. The first-order valence-electron chi connectivity index (χ1n) is 5.50. The average molecular weight is 314 g/mol. The van der Waals surface area contributed by atoms with E-state index >= 15 is 0 Å². The minimum atomic E-state index is -4.87. The smallest absolute Gasteiger partial charge is 0.271 e. The molecule has 0 aromatic heterocycles. The van der Waals surface area contributed by atoms with Crippen molar-refractivity contribution in [1.29, 1.82) is 0 Å². The van der Waals surface area contributed by atoms with E-state index in [9.17, 15) is 26.0 Å². The Morgan fingerprint density at radius 3 is 2.25 bits per heavy atom. The molecule has 0 spiro atoms. The number of hydrogen-bond donors (Lipinski definition) is 2. The Morgan fingerprint density at radius 2 is 1.85 bits per heavy atom. The zero-order chi connectivity index (χ0) is 15.7. The first-order chi connectivity index (χ1) is 8.98. The van der Waals surface area contributed by atoms with Crippen molar-refractivity contribution in [2.75, 3.05) is 6.26 Å². The van der Waals surface area contributed by atoms with Crippen molar-refractivity contribution >= 4 is 9.84 Å². The summed E-state index contributed by atoms with van der Waals surface area (Å²) in [6, 6.07) is 1.18. The molecule has 0 aliphatic carbocycles. The molecule has 9 heteroatoms. The molecule has 0 saturated heterocycles. The van der Waals surface area contributed by atoms with Crippen LogP contribution in [0.5, 0.6) is 0 Å². The third-order valence-corrected chi connectivity index (χ3v) is 4.60. The number of nitrogens with one attached hydrogen (secondary N) is 1. The lowest BCUT2D eigenvalue weighted by atomic mass is 10.0. The summed E-state index contributed by atoms with van der Waals surface area (Å²) in [6.07, 6.45) is -3.93. The number of hydrazine groups is 1. The topological polar surface area (TPSA) is 72.2 Å². The number of nitrogens with two attached hydrogens (primary N) is 1. The molecule has 0 amide bonds. The lowest BCUT2D eigenvalue weighted by molar-refractivity contribution is -0.140. The molecule has 0 saturated carbocycles. The van der Waals surface area contributed by atoms with Gasteiger partial charge in [-0.15, -0.1) is 0 Å². The highest BCUT2D eigenvalue weighted by molar-refractivity contribution is 7.91. The molecule has 0 bridgehead atoms. The lowest BCUT2D eigenvalue weighted by Crippen LogP contribution is -2.39. The second-order valence-corrected chi connectivity index (χ2v) is 6.82. The third kappa shape index (κ3) is 3.68. The predicted octanol–water partition coefficient (Wildman–Crippen LogP) is 1.78. The highest BCUT2D eigenvalue weighted by Gasteiger charge is 2.36. The van der Waals surface area contributed by atoms with Crippen LogP contribution in [0.3, 0.4) is 0 Å². The summed E-state index contributed by atoms with van der Waals surface area (Å²) in [5, 5.41) is -1.07. The van der Waals surface area contributed by atoms with E-state index < -0.39 is 38.7 Å². The van der Waals surface area contributed by atoms with E-state index in [4.69, 9.17) is 5.84 Å². The number of hydrogen-bond acceptors (Lipinski definition) is 4. The molecule has 1 aromatic rings. The fraction of sp³-hybridized carbons (Fsp3) is 0.455. The van der Waals surface area contributed by atoms with Crippen molar-refractivity contribution in [2.45, 2.75) is 24.4 Å². The average Bonchev–Trinajstić information content (AvgIpc) is 2.29. The van der Waals surface area contributed by atoms with Crippen LogP contribution in [0.1, 0.15) is 24.1 Å². The Labute approximate surface area is 113 Å². The van der Waals surface area contributed by atoms with Crippen LogP contribution in [-0.2, 0) is 16.0 Å². The predicted molar refractivity (Wildman–Crippen MR) is 65.8 cm³/mol. The first kappa shape index (κ1) is 16.9. The standard InChI is InChI=1S/C11H14F4N2O2S/c1-6(20(2,18)19)10(17-16)7-3-4-9(12)8(5-7)11(13,14)15/h3-6,10,17H,16H2,1-2H3. The number of sulfone groups is 1. The highest BCUT2D eigenvalue weighted by Crippen LogP contribution is 2.33. The minimum absolute atomic E-state index is 0.0563. The van der Waals surface area contributed by atoms with Crippen LogP contribution in [-0.4, -0.2) is 19.9 Å². The Balaban J connectivity index is 3.32. The maximum Gasteiger partial charge on any atom is 0.419 e. The van der Waals surface area contributed by atoms with Crippen LogP contribution in [0.2, 0.25) is 0 Å². The van der Waals surface area contributed by atoms with Gasteiger partial charge in [0.05, 0.1) is 16.9 Å². The number of alkyl halides is 3. The SMILES string of the molecule is CC(C(NN)c1ccc(F)c(C(F)(F)F)c1)S(C)(=O)=O. The lowest BCUT2D eigenvalue weighted by Gasteiger charge is -2.23. The van der Waals surface area contributed by atoms with Gasteiger partial charge < -0.3 is 0 Å². The molecule has 2 atom stereocenters.